The van der Waals surface area contributed by atoms with Crippen molar-refractivity contribution < 1.29 is 18.4 Å². The quantitative estimate of drug-likeness (QED) is 0.404. The summed E-state index contributed by atoms with van der Waals surface area (Å²) in [5.41, 5.74) is 0.802. The van der Waals surface area contributed by atoms with E-state index in [4.69, 9.17) is 16.0 Å². The maximum atomic E-state index is 14.6. The molecule has 0 saturated heterocycles. The number of carbonyl (C=O) groups is 2. The van der Waals surface area contributed by atoms with Crippen molar-refractivity contribution in [2.24, 2.45) is 0 Å². The molecule has 0 spiro atoms. The largest absolute Gasteiger partial charge is 0.442 e. The molecule has 0 atom stereocenters. The number of aromatic nitrogens is 2. The van der Waals surface area contributed by atoms with Gasteiger partial charge in [0.15, 0.2) is 22.4 Å². The summed E-state index contributed by atoms with van der Waals surface area (Å²) in [5.74, 6) is -0.198. The molecule has 1 aromatic carbocycles. The smallest absolute Gasteiger partial charge is 0.323 e. The molecular formula is C24H29ClFN5O3S. The number of fused-ring (bicyclic) bond motifs is 2. The number of halogens is 2. The van der Waals surface area contributed by atoms with Crippen LogP contribution in [-0.2, 0) is 16.9 Å². The van der Waals surface area contributed by atoms with E-state index < -0.39 is 27.4 Å². The zero-order chi connectivity index (χ0) is 25.3. The van der Waals surface area contributed by atoms with Gasteiger partial charge in [0.2, 0.25) is 5.91 Å². The highest BCUT2D eigenvalue weighted by Gasteiger charge is 2.51. The van der Waals surface area contributed by atoms with Crippen molar-refractivity contribution in [3.05, 3.63) is 40.5 Å². The van der Waals surface area contributed by atoms with Crippen LogP contribution in [0.25, 0.3) is 11.0 Å². The number of hydrogen-bond donors (Lipinski definition) is 3. The lowest BCUT2D eigenvalue weighted by Gasteiger charge is -2.53. The van der Waals surface area contributed by atoms with Crippen LogP contribution in [0.5, 0.6) is 0 Å². The van der Waals surface area contributed by atoms with E-state index >= 15 is 0 Å². The van der Waals surface area contributed by atoms with Gasteiger partial charge in [-0.2, -0.15) is 5.10 Å². The van der Waals surface area contributed by atoms with Crippen LogP contribution in [0.4, 0.5) is 20.7 Å². The number of nitrogens with zero attached hydrogens (tertiary/aromatic N) is 2. The van der Waals surface area contributed by atoms with Gasteiger partial charge >= 0.3 is 6.03 Å². The second-order valence-corrected chi connectivity index (χ2v) is 15.4. The number of carbonyl (C=O) groups excluding carboxylic acids is 2. The van der Waals surface area contributed by atoms with Crippen LogP contribution in [0.1, 0.15) is 44.4 Å². The molecule has 8 nitrogen and oxygen atoms in total. The Labute approximate surface area is 209 Å². The van der Waals surface area contributed by atoms with Gasteiger partial charge in [0.05, 0.1) is 22.5 Å². The lowest BCUT2D eigenvalue weighted by Crippen LogP contribution is -2.51. The van der Waals surface area contributed by atoms with Crippen LogP contribution < -0.4 is 10.6 Å². The fourth-order valence-electron chi connectivity index (χ4n) is 5.12. The van der Waals surface area contributed by atoms with Gasteiger partial charge in [0.25, 0.3) is 0 Å². The summed E-state index contributed by atoms with van der Waals surface area (Å²) >= 11 is 5.94. The summed E-state index contributed by atoms with van der Waals surface area (Å²) in [5, 5.41) is 13.8. The molecule has 35 heavy (non-hydrogen) atoms. The number of amides is 3. The normalized spacial score (nSPS) is 18.8. The van der Waals surface area contributed by atoms with Crippen LogP contribution in [0, 0.1) is 5.82 Å². The van der Waals surface area contributed by atoms with Crippen molar-refractivity contribution in [1.29, 1.82) is 0 Å². The van der Waals surface area contributed by atoms with Crippen LogP contribution in [-0.4, -0.2) is 50.5 Å². The summed E-state index contributed by atoms with van der Waals surface area (Å²) in [7, 11) is -1.12. The average Bonchev–Trinajstić information content (AvgIpc) is 3.36. The first kappa shape index (κ1) is 24.0. The van der Waals surface area contributed by atoms with Gasteiger partial charge in [0, 0.05) is 17.0 Å². The predicted octanol–water partition coefficient (Wildman–Crippen LogP) is 5.79. The second kappa shape index (κ2) is 7.89. The Morgan fingerprint density at radius 3 is 2.57 bits per heavy atom. The van der Waals surface area contributed by atoms with E-state index in [1.807, 2.05) is 13.8 Å². The van der Waals surface area contributed by atoms with Crippen LogP contribution in [0.3, 0.4) is 0 Å². The standard InChI is InChI=1S/C24H29ClFN5O3S/c1-23(2)19-14(20(30-29-19)28-21(32)24(9-6-10-24)35(3,4)5)12-31(23)22(33)27-17-15(26)8-7-13-11-16(25)34-18(13)17/h7-8,11H,6,9-10,12H2,1-5H3,(H,27,33)(H2,28,29,30,32). The minimum absolute atomic E-state index is 0.00953. The third-order valence-electron chi connectivity index (χ3n) is 7.53. The number of anilines is 2. The predicted molar refractivity (Wildman–Crippen MR) is 138 cm³/mol. The molecule has 0 bridgehead atoms. The van der Waals surface area contributed by atoms with E-state index in [-0.39, 0.29) is 33.7 Å². The molecule has 3 amide bonds. The van der Waals surface area contributed by atoms with E-state index in [1.54, 1.807) is 11.0 Å². The van der Waals surface area contributed by atoms with Gasteiger partial charge in [-0.1, -0.05) is 0 Å². The monoisotopic (exact) mass is 521 g/mol. The Morgan fingerprint density at radius 2 is 1.94 bits per heavy atom. The number of H-pyrrole nitrogens is 1. The third kappa shape index (κ3) is 3.60. The molecule has 2 aromatic heterocycles. The van der Waals surface area contributed by atoms with Crippen molar-refractivity contribution in [2.45, 2.75) is 49.9 Å². The average molecular weight is 522 g/mol. The van der Waals surface area contributed by atoms with Gasteiger partial charge < -0.3 is 20.0 Å². The van der Waals surface area contributed by atoms with Gasteiger partial charge in [-0.05, 0) is 75.6 Å². The Kier molecular flexibility index (Phi) is 5.41. The first-order valence-electron chi connectivity index (χ1n) is 11.4. The van der Waals surface area contributed by atoms with Gasteiger partial charge in [-0.15, -0.1) is 0 Å². The molecule has 3 heterocycles. The minimum atomic E-state index is -1.12. The molecule has 3 aromatic rings. The minimum Gasteiger partial charge on any atom is -0.442 e. The molecule has 2 aliphatic rings. The summed E-state index contributed by atoms with van der Waals surface area (Å²) in [6.45, 7) is 3.94. The van der Waals surface area contributed by atoms with Gasteiger partial charge in [-0.3, -0.25) is 9.89 Å². The number of urea groups is 1. The highest BCUT2D eigenvalue weighted by molar-refractivity contribution is 8.33. The van der Waals surface area contributed by atoms with Crippen molar-refractivity contribution in [3.8, 4) is 0 Å². The molecule has 11 heteroatoms. The number of furan rings is 1. The zero-order valence-electron chi connectivity index (χ0n) is 20.3. The Hall–Kier alpha value is -2.72. The summed E-state index contributed by atoms with van der Waals surface area (Å²) in [6.07, 6.45) is 9.29. The number of hydrogen-bond acceptors (Lipinski definition) is 4. The Morgan fingerprint density at radius 1 is 1.23 bits per heavy atom. The topological polar surface area (TPSA) is 103 Å². The first-order valence-corrected chi connectivity index (χ1v) is 14.6. The Bertz CT molecular complexity index is 1360. The molecule has 1 aliphatic carbocycles. The van der Waals surface area contributed by atoms with E-state index in [0.717, 1.165) is 30.5 Å². The molecule has 1 saturated carbocycles. The maximum Gasteiger partial charge on any atom is 0.323 e. The van der Waals surface area contributed by atoms with Crippen molar-refractivity contribution in [2.75, 3.05) is 29.4 Å². The Balaban J connectivity index is 1.40. The van der Waals surface area contributed by atoms with E-state index in [9.17, 15) is 14.0 Å². The maximum absolute atomic E-state index is 14.6. The van der Waals surface area contributed by atoms with E-state index in [2.05, 4.69) is 39.6 Å². The second-order valence-electron chi connectivity index (χ2n) is 10.5. The zero-order valence-corrected chi connectivity index (χ0v) is 21.9. The molecule has 188 valence electrons. The molecule has 0 unspecified atom stereocenters. The van der Waals surface area contributed by atoms with Crippen LogP contribution >= 0.6 is 21.6 Å². The molecule has 1 fully saturated rings. The van der Waals surface area contributed by atoms with Crippen LogP contribution in [0.15, 0.2) is 22.6 Å². The lowest BCUT2D eigenvalue weighted by molar-refractivity contribution is -0.120. The number of aromatic amines is 1. The lowest BCUT2D eigenvalue weighted by atomic mass is 9.83. The molecule has 0 radical (unpaired) electrons. The van der Waals surface area contributed by atoms with E-state index in [0.29, 0.717) is 11.2 Å². The molecule has 5 rings (SSSR count). The first-order chi connectivity index (χ1) is 16.3. The fourth-order valence-corrected chi connectivity index (χ4v) is 7.44. The third-order valence-corrected chi connectivity index (χ3v) is 10.7. The summed E-state index contributed by atoms with van der Waals surface area (Å²) in [4.78, 5) is 28.2. The number of nitrogens with one attached hydrogen (secondary N) is 3. The van der Waals surface area contributed by atoms with Gasteiger partial charge in [-0.25, -0.2) is 19.2 Å². The highest BCUT2D eigenvalue weighted by atomic mass is 35.5. The fraction of sp³-hybridized carbons (Fsp3) is 0.458. The molecular weight excluding hydrogens is 493 g/mol. The highest BCUT2D eigenvalue weighted by Crippen LogP contribution is 2.60. The molecule has 1 aliphatic heterocycles. The van der Waals surface area contributed by atoms with Crippen LogP contribution in [0.2, 0.25) is 5.22 Å². The number of benzene rings is 1. The summed E-state index contributed by atoms with van der Waals surface area (Å²) in [6, 6.07) is 3.85. The van der Waals surface area contributed by atoms with E-state index in [1.165, 1.54) is 12.1 Å². The van der Waals surface area contributed by atoms with Crippen molar-refractivity contribution in [1.82, 2.24) is 15.1 Å². The summed E-state index contributed by atoms with van der Waals surface area (Å²) < 4.78 is 19.7. The van der Waals surface area contributed by atoms with Gasteiger partial charge in [0.1, 0.15) is 5.69 Å². The SMILES string of the molecule is CC1(C)c2[nH]nc(NC(=O)C3(S(C)(C)C)CCC3)c2CN1C(=O)Nc1c(F)ccc2cc(Cl)oc12. The van der Waals surface area contributed by atoms with Crippen molar-refractivity contribution in [3.63, 3.8) is 0 Å². The molecule has 3 N–H and O–H groups in total. The van der Waals surface area contributed by atoms with Crippen molar-refractivity contribution >= 4 is 56.0 Å². The number of rotatable bonds is 4.